The number of hydrogen-bond donors (Lipinski definition) is 1. The van der Waals surface area contributed by atoms with Crippen LogP contribution in [0.2, 0.25) is 0 Å². The fraction of sp³-hybridized carbons (Fsp3) is 0.364. The Kier molecular flexibility index (Phi) is 6.05. The standard InChI is InChI=1S/C22H26N2O2/c1-2-20(17-9-5-3-6-10-17)21(25)23-19-13-15-24(16-14-19)22(26)18-11-7-4-8-12-18/h3-12,19-20H,2,13-16H2,1H3,(H,23,25). The van der Waals surface area contributed by atoms with E-state index in [2.05, 4.69) is 5.32 Å². The lowest BCUT2D eigenvalue weighted by Crippen LogP contribution is -2.47. The van der Waals surface area contributed by atoms with Gasteiger partial charge in [-0.3, -0.25) is 9.59 Å². The molecule has 1 aliphatic heterocycles. The van der Waals surface area contributed by atoms with Crippen LogP contribution in [0.4, 0.5) is 0 Å². The molecule has 1 atom stereocenters. The van der Waals surface area contributed by atoms with Gasteiger partial charge in [0.25, 0.3) is 5.91 Å². The molecule has 1 heterocycles. The highest BCUT2D eigenvalue weighted by Gasteiger charge is 2.26. The van der Waals surface area contributed by atoms with Crippen molar-refractivity contribution in [3.8, 4) is 0 Å². The van der Waals surface area contributed by atoms with Gasteiger partial charge in [-0.15, -0.1) is 0 Å². The Morgan fingerprint density at radius 2 is 1.58 bits per heavy atom. The molecule has 0 radical (unpaired) electrons. The van der Waals surface area contributed by atoms with Gasteiger partial charge in [-0.2, -0.15) is 0 Å². The number of rotatable bonds is 5. The first kappa shape index (κ1) is 18.2. The fourth-order valence-corrected chi connectivity index (χ4v) is 3.55. The molecule has 1 fully saturated rings. The molecule has 3 rings (SSSR count). The number of piperidine rings is 1. The van der Waals surface area contributed by atoms with Crippen LogP contribution in [0.3, 0.4) is 0 Å². The average molecular weight is 350 g/mol. The quantitative estimate of drug-likeness (QED) is 0.896. The van der Waals surface area contributed by atoms with E-state index in [4.69, 9.17) is 0 Å². The van der Waals surface area contributed by atoms with Crippen molar-refractivity contribution in [1.29, 1.82) is 0 Å². The van der Waals surface area contributed by atoms with Crippen molar-refractivity contribution in [3.05, 3.63) is 71.8 Å². The average Bonchev–Trinajstić information content (AvgIpc) is 2.70. The van der Waals surface area contributed by atoms with Crippen molar-refractivity contribution >= 4 is 11.8 Å². The van der Waals surface area contributed by atoms with Crippen LogP contribution in [-0.2, 0) is 4.79 Å². The maximum absolute atomic E-state index is 12.7. The van der Waals surface area contributed by atoms with Crippen LogP contribution in [0, 0.1) is 0 Å². The predicted octanol–water partition coefficient (Wildman–Crippen LogP) is 3.60. The van der Waals surface area contributed by atoms with Crippen molar-refractivity contribution in [3.63, 3.8) is 0 Å². The van der Waals surface area contributed by atoms with Crippen molar-refractivity contribution in [2.45, 2.75) is 38.1 Å². The molecule has 1 aliphatic rings. The summed E-state index contributed by atoms with van der Waals surface area (Å²) in [4.78, 5) is 27.1. The molecule has 1 N–H and O–H groups in total. The van der Waals surface area contributed by atoms with Gasteiger partial charge >= 0.3 is 0 Å². The van der Waals surface area contributed by atoms with Crippen LogP contribution >= 0.6 is 0 Å². The van der Waals surface area contributed by atoms with E-state index in [-0.39, 0.29) is 23.8 Å². The minimum absolute atomic E-state index is 0.0751. The zero-order valence-electron chi connectivity index (χ0n) is 15.2. The molecule has 136 valence electrons. The zero-order valence-corrected chi connectivity index (χ0v) is 15.2. The second-order valence-electron chi connectivity index (χ2n) is 6.81. The van der Waals surface area contributed by atoms with E-state index in [1.54, 1.807) is 0 Å². The molecular formula is C22H26N2O2. The van der Waals surface area contributed by atoms with E-state index < -0.39 is 0 Å². The minimum Gasteiger partial charge on any atom is -0.353 e. The van der Waals surface area contributed by atoms with Gasteiger partial charge in [0, 0.05) is 24.7 Å². The van der Waals surface area contributed by atoms with Crippen LogP contribution in [0.15, 0.2) is 60.7 Å². The Balaban J connectivity index is 1.53. The summed E-state index contributed by atoms with van der Waals surface area (Å²) in [5.74, 6) is 0.0535. The third-order valence-corrected chi connectivity index (χ3v) is 5.08. The van der Waals surface area contributed by atoms with Crippen LogP contribution < -0.4 is 5.32 Å². The molecule has 1 saturated heterocycles. The Morgan fingerprint density at radius 3 is 2.15 bits per heavy atom. The van der Waals surface area contributed by atoms with E-state index in [1.807, 2.05) is 72.5 Å². The van der Waals surface area contributed by atoms with E-state index >= 15 is 0 Å². The van der Waals surface area contributed by atoms with E-state index in [0.29, 0.717) is 13.1 Å². The Bertz CT molecular complexity index is 722. The molecule has 0 saturated carbocycles. The third kappa shape index (κ3) is 4.31. The van der Waals surface area contributed by atoms with E-state index in [9.17, 15) is 9.59 Å². The topological polar surface area (TPSA) is 49.4 Å². The molecule has 0 aromatic heterocycles. The van der Waals surface area contributed by atoms with Gasteiger partial charge in [0.15, 0.2) is 0 Å². The lowest BCUT2D eigenvalue weighted by Gasteiger charge is -2.33. The summed E-state index contributed by atoms with van der Waals surface area (Å²) >= 11 is 0. The third-order valence-electron chi connectivity index (χ3n) is 5.08. The number of carbonyl (C=O) groups excluding carboxylic acids is 2. The maximum atomic E-state index is 12.7. The van der Waals surface area contributed by atoms with Crippen molar-refractivity contribution in [2.75, 3.05) is 13.1 Å². The summed E-state index contributed by atoms with van der Waals surface area (Å²) in [7, 11) is 0. The second-order valence-corrected chi connectivity index (χ2v) is 6.81. The summed E-state index contributed by atoms with van der Waals surface area (Å²) in [6.45, 7) is 3.40. The molecule has 4 nitrogen and oxygen atoms in total. The minimum atomic E-state index is -0.111. The summed E-state index contributed by atoms with van der Waals surface area (Å²) < 4.78 is 0. The number of carbonyl (C=O) groups is 2. The van der Waals surface area contributed by atoms with Gasteiger partial charge in [0.05, 0.1) is 5.92 Å². The van der Waals surface area contributed by atoms with Crippen LogP contribution in [0.1, 0.15) is 48.0 Å². The highest BCUT2D eigenvalue weighted by Crippen LogP contribution is 2.21. The number of likely N-dealkylation sites (tertiary alicyclic amines) is 1. The highest BCUT2D eigenvalue weighted by molar-refractivity contribution is 5.94. The molecule has 2 amide bonds. The van der Waals surface area contributed by atoms with Crippen LogP contribution in [0.5, 0.6) is 0 Å². The summed E-state index contributed by atoms with van der Waals surface area (Å²) in [5.41, 5.74) is 1.79. The number of amides is 2. The molecular weight excluding hydrogens is 324 g/mol. The Morgan fingerprint density at radius 1 is 1.00 bits per heavy atom. The van der Waals surface area contributed by atoms with E-state index in [0.717, 1.165) is 30.4 Å². The Hall–Kier alpha value is -2.62. The summed E-state index contributed by atoms with van der Waals surface area (Å²) in [5, 5.41) is 3.19. The molecule has 2 aromatic carbocycles. The first-order valence-corrected chi connectivity index (χ1v) is 9.38. The van der Waals surface area contributed by atoms with Crippen molar-refractivity contribution < 1.29 is 9.59 Å². The first-order chi connectivity index (χ1) is 12.7. The Labute approximate surface area is 155 Å². The molecule has 2 aromatic rings. The largest absolute Gasteiger partial charge is 0.353 e. The number of benzene rings is 2. The smallest absolute Gasteiger partial charge is 0.253 e. The van der Waals surface area contributed by atoms with Crippen molar-refractivity contribution in [1.82, 2.24) is 10.2 Å². The van der Waals surface area contributed by atoms with Gasteiger partial charge < -0.3 is 10.2 Å². The molecule has 0 bridgehead atoms. The summed E-state index contributed by atoms with van der Waals surface area (Å²) in [6, 6.07) is 19.4. The van der Waals surface area contributed by atoms with Crippen LogP contribution in [-0.4, -0.2) is 35.8 Å². The lowest BCUT2D eigenvalue weighted by molar-refractivity contribution is -0.123. The molecule has 0 aliphatic carbocycles. The SMILES string of the molecule is CCC(C(=O)NC1CCN(C(=O)c2ccccc2)CC1)c1ccccc1. The normalized spacial score (nSPS) is 16.1. The molecule has 1 unspecified atom stereocenters. The molecule has 0 spiro atoms. The molecule has 4 heteroatoms. The number of hydrogen-bond acceptors (Lipinski definition) is 2. The van der Waals surface area contributed by atoms with Gasteiger partial charge in [0.1, 0.15) is 0 Å². The zero-order chi connectivity index (χ0) is 18.4. The van der Waals surface area contributed by atoms with Gasteiger partial charge in [-0.05, 0) is 37.0 Å². The number of nitrogens with zero attached hydrogens (tertiary/aromatic N) is 1. The summed E-state index contributed by atoms with van der Waals surface area (Å²) in [6.07, 6.45) is 2.38. The predicted molar refractivity (Wildman–Crippen MR) is 103 cm³/mol. The van der Waals surface area contributed by atoms with Gasteiger partial charge in [-0.25, -0.2) is 0 Å². The van der Waals surface area contributed by atoms with E-state index in [1.165, 1.54) is 0 Å². The maximum Gasteiger partial charge on any atom is 0.253 e. The van der Waals surface area contributed by atoms with Gasteiger partial charge in [-0.1, -0.05) is 55.5 Å². The van der Waals surface area contributed by atoms with Gasteiger partial charge in [0.2, 0.25) is 5.91 Å². The monoisotopic (exact) mass is 350 g/mol. The number of nitrogens with one attached hydrogen (secondary N) is 1. The fourth-order valence-electron chi connectivity index (χ4n) is 3.55. The highest BCUT2D eigenvalue weighted by atomic mass is 16.2. The first-order valence-electron chi connectivity index (χ1n) is 9.38. The van der Waals surface area contributed by atoms with Crippen LogP contribution in [0.25, 0.3) is 0 Å². The lowest BCUT2D eigenvalue weighted by atomic mass is 9.94. The molecule has 26 heavy (non-hydrogen) atoms. The van der Waals surface area contributed by atoms with Crippen molar-refractivity contribution in [2.24, 2.45) is 0 Å². The second kappa shape index (κ2) is 8.65.